The molecule has 5 nitrogen and oxygen atoms in total. The van der Waals surface area contributed by atoms with E-state index >= 15 is 0 Å². The second-order valence-corrected chi connectivity index (χ2v) is 10.4. The van der Waals surface area contributed by atoms with Crippen LogP contribution in [0.25, 0.3) is 55.9 Å². The minimum atomic E-state index is -0.247. The average molecular weight is 530 g/mol. The highest BCUT2D eigenvalue weighted by Gasteiger charge is 2.34. The van der Waals surface area contributed by atoms with Crippen molar-refractivity contribution in [1.29, 1.82) is 0 Å². The zero-order valence-corrected chi connectivity index (χ0v) is 22.2. The number of benzene rings is 5. The summed E-state index contributed by atoms with van der Waals surface area (Å²) >= 11 is 0. The normalized spacial score (nSPS) is 13.0. The van der Waals surface area contributed by atoms with Gasteiger partial charge in [0.25, 0.3) is 0 Å². The molecule has 5 heteroatoms. The second-order valence-electron chi connectivity index (χ2n) is 10.4. The van der Waals surface area contributed by atoms with Gasteiger partial charge in [-0.1, -0.05) is 91.0 Å². The van der Waals surface area contributed by atoms with E-state index in [0.717, 1.165) is 55.5 Å². The molecule has 0 bridgehead atoms. The number of aryl methyl sites for hydroxylation is 1. The molecule has 1 aliphatic rings. The number of nitrogens with zero attached hydrogens (tertiary/aromatic N) is 3. The fraction of sp³-hybridized carbons (Fsp3) is 0.0278. The van der Waals surface area contributed by atoms with Crippen molar-refractivity contribution in [1.82, 2.24) is 14.1 Å². The molecule has 5 aromatic carbocycles. The van der Waals surface area contributed by atoms with Crippen molar-refractivity contribution in [2.75, 3.05) is 0 Å². The molecule has 0 fully saturated rings. The summed E-state index contributed by atoms with van der Waals surface area (Å²) in [5, 5.41) is 4.03. The summed E-state index contributed by atoms with van der Waals surface area (Å²) in [4.78, 5) is 32.4. The fourth-order valence-corrected chi connectivity index (χ4v) is 6.05. The maximum Gasteiger partial charge on any atom is 0.197 e. The van der Waals surface area contributed by atoms with Crippen LogP contribution in [0.3, 0.4) is 0 Å². The van der Waals surface area contributed by atoms with E-state index in [0.29, 0.717) is 11.1 Å². The van der Waals surface area contributed by atoms with E-state index in [2.05, 4.69) is 33.4 Å². The number of fused-ring (bicyclic) bond motifs is 4. The van der Waals surface area contributed by atoms with Gasteiger partial charge in [-0.2, -0.15) is 0 Å². The predicted octanol–water partition coefficient (Wildman–Crippen LogP) is 7.80. The van der Waals surface area contributed by atoms with Gasteiger partial charge in [-0.15, -0.1) is 0 Å². The van der Waals surface area contributed by atoms with Crippen molar-refractivity contribution >= 4 is 50.4 Å². The van der Waals surface area contributed by atoms with Gasteiger partial charge in [0.1, 0.15) is 5.82 Å². The van der Waals surface area contributed by atoms with Crippen LogP contribution in [-0.2, 0) is 7.05 Å². The first-order valence-electron chi connectivity index (χ1n) is 13.5. The number of Topliss-reactive ketones (excluding diaryl/α,β-unsaturated/α-hetero) is 2. The number of aromatic nitrogens is 3. The molecule has 7 aromatic rings. The van der Waals surface area contributed by atoms with E-state index < -0.39 is 0 Å². The smallest absolute Gasteiger partial charge is 0.197 e. The largest absolute Gasteiger partial charge is 0.326 e. The second kappa shape index (κ2) is 8.73. The van der Waals surface area contributed by atoms with E-state index in [9.17, 15) is 9.59 Å². The minimum absolute atomic E-state index is 0.169. The average Bonchev–Trinajstić information content (AvgIpc) is 3.61. The van der Waals surface area contributed by atoms with Crippen molar-refractivity contribution in [3.8, 4) is 17.1 Å². The molecule has 0 atom stereocenters. The van der Waals surface area contributed by atoms with Gasteiger partial charge >= 0.3 is 0 Å². The molecule has 8 rings (SSSR count). The molecular formula is C36H23N3O2. The molecular weight excluding hydrogens is 506 g/mol. The standard InChI is InChI=1S/C36H23N3O2/c1-38-32-21-26(20-30-33(40)28-18-24-13-5-6-14-25(24)19-29(28)34(30)41)39(31-17-9-15-22-10-7-8-16-27(22)31)36(32)37-35(38)23-11-3-2-4-12-23/h2-21H,1H3. The Morgan fingerprint density at radius 2 is 1.27 bits per heavy atom. The van der Waals surface area contributed by atoms with Crippen LogP contribution in [0.4, 0.5) is 0 Å². The Balaban J connectivity index is 1.38. The maximum absolute atomic E-state index is 13.7. The lowest BCUT2D eigenvalue weighted by molar-refractivity contribution is 0.0990. The predicted molar refractivity (Wildman–Crippen MR) is 164 cm³/mol. The maximum atomic E-state index is 13.7. The molecule has 1 aliphatic carbocycles. The Kier molecular flexibility index (Phi) is 4.97. The van der Waals surface area contributed by atoms with Crippen LogP contribution in [0.2, 0.25) is 0 Å². The van der Waals surface area contributed by atoms with Crippen molar-refractivity contribution in [2.24, 2.45) is 7.05 Å². The quantitative estimate of drug-likeness (QED) is 0.173. The molecule has 0 N–H and O–H groups in total. The summed E-state index contributed by atoms with van der Waals surface area (Å²) in [6, 6.07) is 37.9. The lowest BCUT2D eigenvalue weighted by Gasteiger charge is -2.11. The highest BCUT2D eigenvalue weighted by atomic mass is 16.2. The topological polar surface area (TPSA) is 56.9 Å². The van der Waals surface area contributed by atoms with Crippen molar-refractivity contribution < 1.29 is 9.59 Å². The molecule has 2 heterocycles. The SMILES string of the molecule is Cn1c(-c2ccccc2)nc2c1cc(C=C1C(=O)c3cc4ccccc4cc3C1=O)n2-c1cccc2ccccc12. The number of carbonyl (C=O) groups is 2. The van der Waals surface area contributed by atoms with E-state index in [1.54, 1.807) is 6.08 Å². The Labute approximate surface area is 235 Å². The first kappa shape index (κ1) is 23.3. The minimum Gasteiger partial charge on any atom is -0.326 e. The number of carbonyl (C=O) groups excluding carboxylic acids is 2. The molecule has 194 valence electrons. The summed E-state index contributed by atoms with van der Waals surface area (Å²) in [6.07, 6.45) is 1.74. The number of imidazole rings is 1. The van der Waals surface area contributed by atoms with Gasteiger partial charge in [0, 0.05) is 29.1 Å². The molecule has 0 saturated carbocycles. The first-order chi connectivity index (χ1) is 20.1. The van der Waals surface area contributed by atoms with Crippen LogP contribution < -0.4 is 0 Å². The third-order valence-electron chi connectivity index (χ3n) is 8.07. The number of rotatable bonds is 3. The third-order valence-corrected chi connectivity index (χ3v) is 8.07. The summed E-state index contributed by atoms with van der Waals surface area (Å²) < 4.78 is 4.13. The van der Waals surface area contributed by atoms with Gasteiger partial charge in [-0.25, -0.2) is 4.98 Å². The molecule has 0 spiro atoms. The number of hydrogen-bond donors (Lipinski definition) is 0. The van der Waals surface area contributed by atoms with Crippen LogP contribution in [0.5, 0.6) is 0 Å². The zero-order chi connectivity index (χ0) is 27.7. The van der Waals surface area contributed by atoms with Crippen molar-refractivity contribution in [3.05, 3.63) is 138 Å². The van der Waals surface area contributed by atoms with E-state index in [-0.39, 0.29) is 17.1 Å². The summed E-state index contributed by atoms with van der Waals surface area (Å²) in [5.74, 6) is 0.350. The molecule has 0 radical (unpaired) electrons. The highest BCUT2D eigenvalue weighted by molar-refractivity contribution is 6.42. The van der Waals surface area contributed by atoms with E-state index in [4.69, 9.17) is 4.98 Å². The first-order valence-corrected chi connectivity index (χ1v) is 13.5. The van der Waals surface area contributed by atoms with Gasteiger partial charge in [0.15, 0.2) is 17.2 Å². The van der Waals surface area contributed by atoms with Gasteiger partial charge in [-0.05, 0) is 46.5 Å². The van der Waals surface area contributed by atoms with Gasteiger partial charge in [0.05, 0.1) is 22.5 Å². The van der Waals surface area contributed by atoms with Crippen molar-refractivity contribution in [3.63, 3.8) is 0 Å². The third kappa shape index (κ3) is 3.46. The lowest BCUT2D eigenvalue weighted by Crippen LogP contribution is -2.04. The fourth-order valence-electron chi connectivity index (χ4n) is 6.05. The number of hydrogen-bond acceptors (Lipinski definition) is 3. The molecule has 0 amide bonds. The van der Waals surface area contributed by atoms with Crippen LogP contribution in [-0.4, -0.2) is 25.7 Å². The number of allylic oxidation sites excluding steroid dienone is 1. The molecule has 0 aliphatic heterocycles. The molecule has 41 heavy (non-hydrogen) atoms. The highest BCUT2D eigenvalue weighted by Crippen LogP contribution is 2.36. The van der Waals surface area contributed by atoms with Crippen LogP contribution in [0.1, 0.15) is 26.4 Å². The molecule has 2 aromatic heterocycles. The molecule has 0 saturated heterocycles. The summed E-state index contributed by atoms with van der Waals surface area (Å²) in [6.45, 7) is 0. The molecule has 0 unspecified atom stereocenters. The van der Waals surface area contributed by atoms with Gasteiger partial charge < -0.3 is 4.57 Å². The van der Waals surface area contributed by atoms with E-state index in [1.165, 1.54) is 0 Å². The van der Waals surface area contributed by atoms with E-state index in [1.807, 2.05) is 98.0 Å². The Bertz CT molecular complexity index is 2190. The monoisotopic (exact) mass is 529 g/mol. The summed E-state index contributed by atoms with van der Waals surface area (Å²) in [7, 11) is 2.00. The zero-order valence-electron chi connectivity index (χ0n) is 22.2. The van der Waals surface area contributed by atoms with Gasteiger partial charge in [-0.3, -0.25) is 14.2 Å². The Hall–Kier alpha value is -5.55. The van der Waals surface area contributed by atoms with Crippen molar-refractivity contribution in [2.45, 2.75) is 0 Å². The van der Waals surface area contributed by atoms with Gasteiger partial charge in [0.2, 0.25) is 0 Å². The Morgan fingerprint density at radius 1 is 0.659 bits per heavy atom. The van der Waals surface area contributed by atoms with Crippen LogP contribution >= 0.6 is 0 Å². The summed E-state index contributed by atoms with van der Waals surface area (Å²) in [5.41, 5.74) is 5.42. The Morgan fingerprint density at radius 3 is 1.98 bits per heavy atom. The number of ketones is 2. The van der Waals surface area contributed by atoms with Crippen LogP contribution in [0, 0.1) is 0 Å². The lowest BCUT2D eigenvalue weighted by atomic mass is 10.0. The van der Waals surface area contributed by atoms with Crippen LogP contribution in [0.15, 0.2) is 121 Å².